The molecule has 0 unspecified atom stereocenters. The number of carbonyl (C=O) groups is 1. The SMILES string of the molecule is CCCNC(=O)CNc1ccc(Cl)cc1C(F)(F)F. The van der Waals surface area contributed by atoms with Gasteiger partial charge >= 0.3 is 6.18 Å². The highest BCUT2D eigenvalue weighted by atomic mass is 35.5. The fraction of sp³-hybridized carbons (Fsp3) is 0.417. The quantitative estimate of drug-likeness (QED) is 0.875. The summed E-state index contributed by atoms with van der Waals surface area (Å²) in [7, 11) is 0. The minimum Gasteiger partial charge on any atom is -0.376 e. The number of hydrogen-bond acceptors (Lipinski definition) is 2. The molecule has 0 saturated carbocycles. The zero-order valence-electron chi connectivity index (χ0n) is 10.3. The molecule has 1 aromatic carbocycles. The van der Waals surface area contributed by atoms with Crippen LogP contribution in [-0.4, -0.2) is 19.0 Å². The lowest BCUT2D eigenvalue weighted by molar-refractivity contribution is -0.137. The van der Waals surface area contributed by atoms with Crippen LogP contribution in [0.3, 0.4) is 0 Å². The van der Waals surface area contributed by atoms with Crippen LogP contribution >= 0.6 is 11.6 Å². The van der Waals surface area contributed by atoms with E-state index >= 15 is 0 Å². The van der Waals surface area contributed by atoms with E-state index in [9.17, 15) is 18.0 Å². The van der Waals surface area contributed by atoms with Gasteiger partial charge in [0, 0.05) is 17.3 Å². The van der Waals surface area contributed by atoms with Gasteiger partial charge in [0.15, 0.2) is 0 Å². The Morgan fingerprint density at radius 1 is 1.37 bits per heavy atom. The van der Waals surface area contributed by atoms with Crippen molar-refractivity contribution in [1.29, 1.82) is 0 Å². The van der Waals surface area contributed by atoms with Crippen molar-refractivity contribution in [3.05, 3.63) is 28.8 Å². The average Bonchev–Trinajstić information content (AvgIpc) is 2.33. The molecule has 19 heavy (non-hydrogen) atoms. The molecule has 1 aromatic rings. The molecule has 0 atom stereocenters. The number of carbonyl (C=O) groups excluding carboxylic acids is 1. The van der Waals surface area contributed by atoms with E-state index < -0.39 is 11.7 Å². The van der Waals surface area contributed by atoms with Crippen LogP contribution in [0.2, 0.25) is 5.02 Å². The first-order chi connectivity index (χ1) is 8.84. The van der Waals surface area contributed by atoms with Crippen molar-refractivity contribution in [3.8, 4) is 0 Å². The van der Waals surface area contributed by atoms with Gasteiger partial charge in [-0.05, 0) is 24.6 Å². The van der Waals surface area contributed by atoms with Crippen molar-refractivity contribution >= 4 is 23.2 Å². The van der Waals surface area contributed by atoms with E-state index in [-0.39, 0.29) is 23.2 Å². The first-order valence-corrected chi connectivity index (χ1v) is 6.09. The Hall–Kier alpha value is -1.43. The number of alkyl halides is 3. The lowest BCUT2D eigenvalue weighted by atomic mass is 10.1. The molecule has 0 aliphatic heterocycles. The number of anilines is 1. The summed E-state index contributed by atoms with van der Waals surface area (Å²) in [6, 6.07) is 3.37. The predicted octanol–water partition coefficient (Wildman–Crippen LogP) is 3.30. The average molecular weight is 295 g/mol. The molecule has 2 N–H and O–H groups in total. The van der Waals surface area contributed by atoms with Crippen LogP contribution in [0.25, 0.3) is 0 Å². The summed E-state index contributed by atoms with van der Waals surface area (Å²) in [6.07, 6.45) is -3.76. The summed E-state index contributed by atoms with van der Waals surface area (Å²) in [5.41, 5.74) is -1.05. The zero-order valence-corrected chi connectivity index (χ0v) is 11.0. The molecule has 0 aromatic heterocycles. The maximum atomic E-state index is 12.8. The number of rotatable bonds is 5. The fourth-order valence-electron chi connectivity index (χ4n) is 1.41. The van der Waals surface area contributed by atoms with E-state index in [1.54, 1.807) is 0 Å². The van der Waals surface area contributed by atoms with E-state index in [1.807, 2.05) is 6.92 Å². The van der Waals surface area contributed by atoms with Gasteiger partial charge in [-0.25, -0.2) is 0 Å². The first-order valence-electron chi connectivity index (χ1n) is 5.72. The number of hydrogen-bond donors (Lipinski definition) is 2. The van der Waals surface area contributed by atoms with Gasteiger partial charge in [0.25, 0.3) is 0 Å². The Kier molecular flexibility index (Phi) is 5.47. The number of amides is 1. The first kappa shape index (κ1) is 15.6. The zero-order chi connectivity index (χ0) is 14.5. The molecule has 0 spiro atoms. The third kappa shape index (κ3) is 4.98. The second kappa shape index (κ2) is 6.65. The molecule has 0 radical (unpaired) electrons. The van der Waals surface area contributed by atoms with Crippen molar-refractivity contribution in [2.75, 3.05) is 18.4 Å². The minimum absolute atomic E-state index is 0.00619. The Balaban J connectivity index is 2.76. The van der Waals surface area contributed by atoms with Crippen molar-refractivity contribution in [3.63, 3.8) is 0 Å². The molecular weight excluding hydrogens is 281 g/mol. The van der Waals surface area contributed by atoms with E-state index in [0.29, 0.717) is 6.54 Å². The van der Waals surface area contributed by atoms with E-state index in [4.69, 9.17) is 11.6 Å². The lowest BCUT2D eigenvalue weighted by Crippen LogP contribution is -2.30. The predicted molar refractivity (Wildman–Crippen MR) is 68.2 cm³/mol. The van der Waals surface area contributed by atoms with E-state index in [1.165, 1.54) is 12.1 Å². The maximum Gasteiger partial charge on any atom is 0.418 e. The van der Waals surface area contributed by atoms with E-state index in [0.717, 1.165) is 12.5 Å². The third-order valence-electron chi connectivity index (χ3n) is 2.30. The number of halogens is 4. The van der Waals surface area contributed by atoms with Gasteiger partial charge in [-0.3, -0.25) is 4.79 Å². The molecule has 0 aliphatic rings. The summed E-state index contributed by atoms with van der Waals surface area (Å²) in [6.45, 7) is 2.16. The second-order valence-electron chi connectivity index (χ2n) is 3.89. The van der Waals surface area contributed by atoms with Crippen LogP contribution in [0.15, 0.2) is 18.2 Å². The molecule has 0 bridgehead atoms. The summed E-state index contributed by atoms with van der Waals surface area (Å²) in [4.78, 5) is 11.3. The van der Waals surface area contributed by atoms with Crippen molar-refractivity contribution in [2.24, 2.45) is 0 Å². The molecule has 0 heterocycles. The van der Waals surface area contributed by atoms with E-state index in [2.05, 4.69) is 10.6 Å². The maximum absolute atomic E-state index is 12.8. The summed E-state index contributed by atoms with van der Waals surface area (Å²) in [5, 5.41) is 5.02. The van der Waals surface area contributed by atoms with Crippen molar-refractivity contribution in [1.82, 2.24) is 5.32 Å². The highest BCUT2D eigenvalue weighted by molar-refractivity contribution is 6.30. The van der Waals surface area contributed by atoms with Crippen LogP contribution in [0, 0.1) is 0 Å². The fourth-order valence-corrected chi connectivity index (χ4v) is 1.58. The Morgan fingerprint density at radius 3 is 2.63 bits per heavy atom. The molecule has 0 fully saturated rings. The summed E-state index contributed by atoms with van der Waals surface area (Å²) >= 11 is 5.55. The van der Waals surface area contributed by atoms with Crippen molar-refractivity contribution < 1.29 is 18.0 Å². The van der Waals surface area contributed by atoms with Crippen LogP contribution in [-0.2, 0) is 11.0 Å². The highest BCUT2D eigenvalue weighted by Crippen LogP contribution is 2.36. The van der Waals surface area contributed by atoms with Crippen LogP contribution < -0.4 is 10.6 Å². The molecule has 1 amide bonds. The molecule has 0 aliphatic carbocycles. The normalized spacial score (nSPS) is 11.2. The number of benzene rings is 1. The molecule has 7 heteroatoms. The van der Waals surface area contributed by atoms with Crippen LogP contribution in [0.1, 0.15) is 18.9 Å². The Bertz CT molecular complexity index is 449. The smallest absolute Gasteiger partial charge is 0.376 e. The lowest BCUT2D eigenvalue weighted by Gasteiger charge is -2.14. The topological polar surface area (TPSA) is 41.1 Å². The van der Waals surface area contributed by atoms with Crippen LogP contribution in [0.4, 0.5) is 18.9 Å². The van der Waals surface area contributed by atoms with Gasteiger partial charge in [0.1, 0.15) is 0 Å². The highest BCUT2D eigenvalue weighted by Gasteiger charge is 2.33. The van der Waals surface area contributed by atoms with Gasteiger partial charge in [-0.1, -0.05) is 18.5 Å². The van der Waals surface area contributed by atoms with Gasteiger partial charge in [0.05, 0.1) is 12.1 Å². The second-order valence-corrected chi connectivity index (χ2v) is 4.33. The third-order valence-corrected chi connectivity index (χ3v) is 2.53. The van der Waals surface area contributed by atoms with Crippen molar-refractivity contribution in [2.45, 2.75) is 19.5 Å². The summed E-state index contributed by atoms with van der Waals surface area (Å²) < 4.78 is 38.3. The summed E-state index contributed by atoms with van der Waals surface area (Å²) in [5.74, 6) is -0.357. The molecule has 1 rings (SSSR count). The molecular formula is C12H14ClF3N2O. The Labute approximate surface area is 114 Å². The largest absolute Gasteiger partial charge is 0.418 e. The van der Waals surface area contributed by atoms with Crippen LogP contribution in [0.5, 0.6) is 0 Å². The van der Waals surface area contributed by atoms with Gasteiger partial charge in [-0.2, -0.15) is 13.2 Å². The Morgan fingerprint density at radius 2 is 2.05 bits per heavy atom. The monoisotopic (exact) mass is 294 g/mol. The minimum atomic E-state index is -4.52. The van der Waals surface area contributed by atoms with Gasteiger partial charge in [0.2, 0.25) is 5.91 Å². The molecule has 3 nitrogen and oxygen atoms in total. The molecule has 106 valence electrons. The number of nitrogens with one attached hydrogen (secondary N) is 2. The standard InChI is InChI=1S/C12H14ClF3N2O/c1-2-5-17-11(19)7-18-10-4-3-8(13)6-9(10)12(14,15)16/h3-4,6,18H,2,5,7H2,1H3,(H,17,19). The van der Waals surface area contributed by atoms with Gasteiger partial charge < -0.3 is 10.6 Å². The van der Waals surface area contributed by atoms with Gasteiger partial charge in [-0.15, -0.1) is 0 Å². The molecule has 0 saturated heterocycles.